The molecule has 0 saturated carbocycles. The Morgan fingerprint density at radius 2 is 2.00 bits per heavy atom. The summed E-state index contributed by atoms with van der Waals surface area (Å²) in [6, 6.07) is 8.94. The Balaban J connectivity index is 1.73. The summed E-state index contributed by atoms with van der Waals surface area (Å²) in [5.41, 5.74) is 5.75. The average Bonchev–Trinajstić information content (AvgIpc) is 3.06. The first kappa shape index (κ1) is 14.6. The number of aromatic hydroxyl groups is 1. The number of phenols is 1. The predicted octanol–water partition coefficient (Wildman–Crippen LogP) is 2.98. The molecule has 1 aliphatic heterocycles. The molecule has 22 heavy (non-hydrogen) atoms. The van der Waals surface area contributed by atoms with Crippen molar-refractivity contribution in [1.29, 1.82) is 0 Å². The smallest absolute Gasteiger partial charge is 0.273 e. The Bertz CT molecular complexity index is 760. The summed E-state index contributed by atoms with van der Waals surface area (Å²) < 4.78 is 0.931. The van der Waals surface area contributed by atoms with Crippen molar-refractivity contribution >= 4 is 33.6 Å². The number of nitrogens with one attached hydrogen (secondary N) is 2. The molecule has 0 radical (unpaired) electrons. The lowest BCUT2D eigenvalue weighted by Gasteiger charge is -2.02. The lowest BCUT2D eigenvalue weighted by Crippen LogP contribution is -2.13. The molecule has 0 aliphatic carbocycles. The minimum Gasteiger partial charge on any atom is -0.508 e. The maximum Gasteiger partial charge on any atom is 0.273 e. The van der Waals surface area contributed by atoms with Crippen molar-refractivity contribution in [2.75, 3.05) is 0 Å². The van der Waals surface area contributed by atoms with Crippen LogP contribution in [0.5, 0.6) is 5.75 Å². The van der Waals surface area contributed by atoms with E-state index in [1.165, 1.54) is 0 Å². The molecule has 1 aromatic carbocycles. The van der Waals surface area contributed by atoms with Gasteiger partial charge in [0.25, 0.3) is 5.91 Å². The van der Waals surface area contributed by atoms with E-state index in [2.05, 4.69) is 31.4 Å². The minimum absolute atomic E-state index is 0.188. The molecule has 6 heteroatoms. The van der Waals surface area contributed by atoms with E-state index >= 15 is 0 Å². The van der Waals surface area contributed by atoms with Gasteiger partial charge in [-0.2, -0.15) is 5.10 Å². The molecule has 1 aromatic heterocycles. The van der Waals surface area contributed by atoms with Gasteiger partial charge in [-0.05, 0) is 58.6 Å². The highest BCUT2D eigenvalue weighted by Gasteiger charge is 2.22. The highest BCUT2D eigenvalue weighted by molar-refractivity contribution is 9.10. The number of carbonyl (C=O) groups excluding carboxylic acids is 1. The van der Waals surface area contributed by atoms with Crippen LogP contribution < -0.4 is 5.43 Å². The first-order chi connectivity index (χ1) is 10.6. The van der Waals surface area contributed by atoms with Gasteiger partial charge in [0.15, 0.2) is 0 Å². The van der Waals surface area contributed by atoms with Gasteiger partial charge in [0.2, 0.25) is 0 Å². The third-order valence-electron chi connectivity index (χ3n) is 3.40. The van der Waals surface area contributed by atoms with Crippen LogP contribution in [0, 0.1) is 0 Å². The molecule has 0 unspecified atom stereocenters. The molecule has 0 bridgehead atoms. The molecule has 5 nitrogen and oxygen atoms in total. The number of H-pyrrole nitrogens is 1. The number of aromatic nitrogens is 1. The van der Waals surface area contributed by atoms with Gasteiger partial charge in [-0.3, -0.25) is 4.79 Å². The Morgan fingerprint density at radius 3 is 2.68 bits per heavy atom. The molecule has 0 spiro atoms. The fourth-order valence-corrected chi connectivity index (χ4v) is 2.62. The Kier molecular flexibility index (Phi) is 4.11. The summed E-state index contributed by atoms with van der Waals surface area (Å²) in [6.45, 7) is 0. The molecule has 0 saturated heterocycles. The highest BCUT2D eigenvalue weighted by atomic mass is 79.9. The van der Waals surface area contributed by atoms with Gasteiger partial charge >= 0.3 is 0 Å². The van der Waals surface area contributed by atoms with E-state index in [0.717, 1.165) is 27.9 Å². The number of halogens is 1. The summed E-state index contributed by atoms with van der Waals surface area (Å²) in [7, 11) is 0. The summed E-state index contributed by atoms with van der Waals surface area (Å²) in [5.74, 6) is 0.0585. The monoisotopic (exact) mass is 359 g/mol. The molecule has 1 amide bonds. The molecule has 112 valence electrons. The van der Waals surface area contributed by atoms with Crippen LogP contribution in [-0.2, 0) is 11.2 Å². The van der Waals surface area contributed by atoms with E-state index in [1.54, 1.807) is 18.2 Å². The van der Waals surface area contributed by atoms with Gasteiger partial charge in [0.1, 0.15) is 5.75 Å². The summed E-state index contributed by atoms with van der Waals surface area (Å²) in [4.78, 5) is 15.0. The summed E-state index contributed by atoms with van der Waals surface area (Å²) in [5, 5.41) is 13.4. The quantitative estimate of drug-likeness (QED) is 0.733. The number of hydrazone groups is 1. The number of hydrogen-bond acceptors (Lipinski definition) is 3. The van der Waals surface area contributed by atoms with E-state index in [9.17, 15) is 9.90 Å². The number of rotatable bonds is 4. The first-order valence-corrected chi connectivity index (χ1v) is 7.62. The second-order valence-corrected chi connectivity index (χ2v) is 5.91. The van der Waals surface area contributed by atoms with Crippen molar-refractivity contribution in [3.63, 3.8) is 0 Å². The topological polar surface area (TPSA) is 77.5 Å². The van der Waals surface area contributed by atoms with Crippen LogP contribution in [0.15, 0.2) is 51.7 Å². The summed E-state index contributed by atoms with van der Waals surface area (Å²) >= 11 is 3.37. The SMILES string of the molecule is O=C1NN=C(CCc2ccc(O)cc2)C1=Cc1cc(Br)c[nH]1. The average molecular weight is 360 g/mol. The second kappa shape index (κ2) is 6.19. The van der Waals surface area contributed by atoms with Crippen LogP contribution in [0.25, 0.3) is 6.08 Å². The lowest BCUT2D eigenvalue weighted by molar-refractivity contribution is -0.116. The maximum absolute atomic E-state index is 11.9. The zero-order valence-corrected chi connectivity index (χ0v) is 13.2. The largest absolute Gasteiger partial charge is 0.508 e. The molecule has 1 aliphatic rings. The normalized spacial score (nSPS) is 16.0. The van der Waals surface area contributed by atoms with Crippen molar-refractivity contribution in [3.8, 4) is 5.75 Å². The van der Waals surface area contributed by atoms with Crippen LogP contribution in [0.3, 0.4) is 0 Å². The Hall–Kier alpha value is -2.34. The predicted molar refractivity (Wildman–Crippen MR) is 88.5 cm³/mol. The van der Waals surface area contributed by atoms with Gasteiger partial charge in [-0.25, -0.2) is 5.43 Å². The van der Waals surface area contributed by atoms with Gasteiger partial charge in [0, 0.05) is 16.4 Å². The van der Waals surface area contributed by atoms with Crippen molar-refractivity contribution in [2.24, 2.45) is 5.10 Å². The Morgan fingerprint density at radius 1 is 1.23 bits per heavy atom. The molecule has 0 fully saturated rings. The number of phenolic OH excluding ortho intramolecular Hbond substituents is 1. The molecular formula is C16H14BrN3O2. The third-order valence-corrected chi connectivity index (χ3v) is 3.86. The van der Waals surface area contributed by atoms with Crippen LogP contribution in [0.1, 0.15) is 17.7 Å². The van der Waals surface area contributed by atoms with Crippen molar-refractivity contribution in [3.05, 3.63) is 57.8 Å². The first-order valence-electron chi connectivity index (χ1n) is 6.82. The van der Waals surface area contributed by atoms with Crippen LogP contribution >= 0.6 is 15.9 Å². The highest BCUT2D eigenvalue weighted by Crippen LogP contribution is 2.19. The zero-order valence-electron chi connectivity index (χ0n) is 11.6. The fraction of sp³-hybridized carbons (Fsp3) is 0.125. The number of hydrogen-bond donors (Lipinski definition) is 3. The molecule has 3 N–H and O–H groups in total. The van der Waals surface area contributed by atoms with E-state index in [-0.39, 0.29) is 11.7 Å². The number of nitrogens with zero attached hydrogens (tertiary/aromatic N) is 1. The zero-order chi connectivity index (χ0) is 15.5. The maximum atomic E-state index is 11.9. The van der Waals surface area contributed by atoms with Crippen LogP contribution in [0.2, 0.25) is 0 Å². The van der Waals surface area contributed by atoms with Crippen molar-refractivity contribution in [2.45, 2.75) is 12.8 Å². The molecule has 3 rings (SSSR count). The van der Waals surface area contributed by atoms with Gasteiger partial charge in [-0.1, -0.05) is 12.1 Å². The number of benzene rings is 1. The minimum atomic E-state index is -0.188. The van der Waals surface area contributed by atoms with Gasteiger partial charge in [0.05, 0.1) is 11.3 Å². The van der Waals surface area contributed by atoms with E-state index < -0.39 is 0 Å². The number of aryl methyl sites for hydroxylation is 1. The number of amides is 1. The van der Waals surface area contributed by atoms with Crippen molar-refractivity contribution in [1.82, 2.24) is 10.4 Å². The number of aromatic amines is 1. The number of carbonyl (C=O) groups is 1. The summed E-state index contributed by atoms with van der Waals surface area (Å²) in [6.07, 6.45) is 5.01. The van der Waals surface area contributed by atoms with Crippen LogP contribution in [-0.4, -0.2) is 21.7 Å². The third kappa shape index (κ3) is 3.28. The van der Waals surface area contributed by atoms with Gasteiger partial charge in [-0.15, -0.1) is 0 Å². The lowest BCUT2D eigenvalue weighted by atomic mass is 10.0. The Labute approximate surface area is 135 Å². The molecule has 2 aromatic rings. The second-order valence-electron chi connectivity index (χ2n) is 5.00. The van der Waals surface area contributed by atoms with Crippen LogP contribution in [0.4, 0.5) is 0 Å². The van der Waals surface area contributed by atoms with E-state index in [0.29, 0.717) is 12.0 Å². The molecule has 0 atom stereocenters. The molecule has 2 heterocycles. The molecular weight excluding hydrogens is 346 g/mol. The van der Waals surface area contributed by atoms with Crippen molar-refractivity contribution < 1.29 is 9.90 Å². The van der Waals surface area contributed by atoms with E-state index in [4.69, 9.17) is 0 Å². The fourth-order valence-electron chi connectivity index (χ4n) is 2.26. The standard InChI is InChI=1S/C16H14BrN3O2/c17-11-7-12(18-9-11)8-14-15(19-20-16(14)22)6-3-10-1-4-13(21)5-2-10/h1-2,4-5,7-9,18,21H,3,6H2,(H,20,22). The van der Waals surface area contributed by atoms with E-state index in [1.807, 2.05) is 24.4 Å². The van der Waals surface area contributed by atoms with Gasteiger partial charge < -0.3 is 10.1 Å².